The van der Waals surface area contributed by atoms with E-state index in [1.54, 1.807) is 18.2 Å². The Kier molecular flexibility index (Phi) is 7.33. The van der Waals surface area contributed by atoms with Crippen LogP contribution in [0.25, 0.3) is 0 Å². The molecular formula is C22H17Br2Cl2N3O5. The van der Waals surface area contributed by atoms with Crippen LogP contribution in [0.3, 0.4) is 0 Å². The van der Waals surface area contributed by atoms with Gasteiger partial charge in [0.05, 0.1) is 33.3 Å². The van der Waals surface area contributed by atoms with Crippen molar-refractivity contribution in [3.63, 3.8) is 0 Å². The molecule has 2 aromatic carbocycles. The number of hydrogen-bond acceptors (Lipinski definition) is 5. The first-order chi connectivity index (χ1) is 16.1. The second-order valence-corrected chi connectivity index (χ2v) is 11.3. The summed E-state index contributed by atoms with van der Waals surface area (Å²) in [6.07, 6.45) is 0.876. The zero-order valence-corrected chi connectivity index (χ0v) is 22.1. The standard InChI is InChI=1S/C22H17Br2Cl2N3O5/c23-16-8-14-15(9-17(16)24)22(32)28(21(14)31)27(10-11-4-5-18(25)19(26)6-11)20(30)12-2-1-3-13(7-12)29(33)34/h1-7,14-17H,8-10H2/t14-,15-,16+,17+/m1/s1. The zero-order valence-electron chi connectivity index (χ0n) is 17.4. The second-order valence-electron chi connectivity index (χ2n) is 8.12. The lowest BCUT2D eigenvalue weighted by Gasteiger charge is -2.30. The fourth-order valence-electron chi connectivity index (χ4n) is 4.26. The van der Waals surface area contributed by atoms with Gasteiger partial charge in [0.15, 0.2) is 0 Å². The van der Waals surface area contributed by atoms with Gasteiger partial charge in [0.2, 0.25) is 0 Å². The van der Waals surface area contributed by atoms with Gasteiger partial charge in [-0.25, -0.2) is 5.01 Å². The van der Waals surface area contributed by atoms with Crippen molar-refractivity contribution in [3.05, 3.63) is 73.8 Å². The van der Waals surface area contributed by atoms with Gasteiger partial charge in [0.1, 0.15) is 0 Å². The molecule has 2 aliphatic rings. The van der Waals surface area contributed by atoms with Crippen LogP contribution in [-0.4, -0.2) is 42.3 Å². The lowest BCUT2D eigenvalue weighted by molar-refractivity contribution is -0.384. The van der Waals surface area contributed by atoms with Crippen molar-refractivity contribution in [2.75, 3.05) is 0 Å². The van der Waals surface area contributed by atoms with Crippen LogP contribution in [0.2, 0.25) is 10.0 Å². The maximum Gasteiger partial charge on any atom is 0.273 e. The number of benzene rings is 2. The lowest BCUT2D eigenvalue weighted by atomic mass is 9.81. The minimum absolute atomic E-state index is 0.00134. The zero-order chi connectivity index (χ0) is 24.7. The molecule has 4 rings (SSSR count). The Balaban J connectivity index is 1.74. The first kappa shape index (κ1) is 25.1. The molecule has 12 heteroatoms. The van der Waals surface area contributed by atoms with E-state index in [1.165, 1.54) is 18.2 Å². The number of nitro benzene ring substituents is 1. The third-order valence-electron chi connectivity index (χ3n) is 5.98. The number of rotatable bonds is 5. The number of nitro groups is 1. The van der Waals surface area contributed by atoms with Gasteiger partial charge < -0.3 is 0 Å². The average Bonchev–Trinajstić information content (AvgIpc) is 3.03. The summed E-state index contributed by atoms with van der Waals surface area (Å²) in [5.74, 6) is -2.81. The van der Waals surface area contributed by atoms with Gasteiger partial charge in [-0.2, -0.15) is 5.01 Å². The van der Waals surface area contributed by atoms with E-state index in [4.69, 9.17) is 23.2 Å². The van der Waals surface area contributed by atoms with Crippen LogP contribution in [0.1, 0.15) is 28.8 Å². The van der Waals surface area contributed by atoms with Crippen molar-refractivity contribution in [1.29, 1.82) is 0 Å². The molecule has 2 aromatic rings. The van der Waals surface area contributed by atoms with Crippen LogP contribution >= 0.6 is 55.1 Å². The highest BCUT2D eigenvalue weighted by atomic mass is 79.9. The number of nitrogens with zero attached hydrogens (tertiary/aromatic N) is 3. The molecule has 1 heterocycles. The molecule has 0 bridgehead atoms. The van der Waals surface area contributed by atoms with Crippen molar-refractivity contribution in [2.45, 2.75) is 29.0 Å². The Morgan fingerprint density at radius 3 is 2.21 bits per heavy atom. The second kappa shape index (κ2) is 9.93. The number of carbonyl (C=O) groups excluding carboxylic acids is 3. The Hall–Kier alpha value is -2.01. The van der Waals surface area contributed by atoms with Crippen molar-refractivity contribution >= 4 is 78.5 Å². The molecule has 0 N–H and O–H groups in total. The molecule has 1 aliphatic heterocycles. The van der Waals surface area contributed by atoms with Gasteiger partial charge in [-0.05, 0) is 36.6 Å². The van der Waals surface area contributed by atoms with Gasteiger partial charge in [-0.15, -0.1) is 0 Å². The number of alkyl halides is 2. The quantitative estimate of drug-likeness (QED) is 0.190. The summed E-state index contributed by atoms with van der Waals surface area (Å²) < 4.78 is 0. The Bertz CT molecular complexity index is 1170. The molecule has 1 saturated carbocycles. The highest BCUT2D eigenvalue weighted by Crippen LogP contribution is 2.44. The molecule has 0 aromatic heterocycles. The van der Waals surface area contributed by atoms with Crippen LogP contribution in [-0.2, 0) is 16.1 Å². The van der Waals surface area contributed by atoms with E-state index in [0.717, 1.165) is 16.1 Å². The Morgan fingerprint density at radius 1 is 1.03 bits per heavy atom. The van der Waals surface area contributed by atoms with E-state index in [1.807, 2.05) is 0 Å². The highest BCUT2D eigenvalue weighted by Gasteiger charge is 2.54. The largest absolute Gasteiger partial charge is 0.273 e. The number of hydrogen-bond donors (Lipinski definition) is 0. The predicted octanol–water partition coefficient (Wildman–Crippen LogP) is 5.38. The maximum atomic E-state index is 13.6. The van der Waals surface area contributed by atoms with E-state index in [0.29, 0.717) is 23.4 Å². The average molecular weight is 634 g/mol. The van der Waals surface area contributed by atoms with Gasteiger partial charge in [-0.3, -0.25) is 24.5 Å². The molecule has 3 amide bonds. The monoisotopic (exact) mass is 631 g/mol. The van der Waals surface area contributed by atoms with Crippen molar-refractivity contribution < 1.29 is 19.3 Å². The molecule has 178 valence electrons. The van der Waals surface area contributed by atoms with Crippen LogP contribution in [0, 0.1) is 22.0 Å². The summed E-state index contributed by atoms with van der Waals surface area (Å²) in [6.45, 7) is -0.162. The predicted molar refractivity (Wildman–Crippen MR) is 133 cm³/mol. The topological polar surface area (TPSA) is 101 Å². The maximum absolute atomic E-state index is 13.6. The molecule has 34 heavy (non-hydrogen) atoms. The number of fused-ring (bicyclic) bond motifs is 1. The van der Waals surface area contributed by atoms with E-state index in [9.17, 15) is 24.5 Å². The fourth-order valence-corrected chi connectivity index (χ4v) is 5.82. The Labute approximate surface area is 221 Å². The summed E-state index contributed by atoms with van der Waals surface area (Å²) in [5, 5.41) is 13.7. The number of non-ortho nitro benzene ring substituents is 1. The van der Waals surface area contributed by atoms with E-state index in [2.05, 4.69) is 31.9 Å². The normalized spacial score (nSPS) is 24.2. The minimum Gasteiger partial charge on any atom is -0.272 e. The number of halogens is 4. The third-order valence-corrected chi connectivity index (χ3v) is 9.46. The van der Waals surface area contributed by atoms with Gasteiger partial charge in [0, 0.05) is 27.4 Å². The summed E-state index contributed by atoms with van der Waals surface area (Å²) in [6, 6.07) is 9.87. The summed E-state index contributed by atoms with van der Waals surface area (Å²) in [5.41, 5.74) is 0.221. The molecule has 0 unspecified atom stereocenters. The Morgan fingerprint density at radius 2 is 1.65 bits per heavy atom. The molecule has 0 spiro atoms. The number of imide groups is 1. The highest BCUT2D eigenvalue weighted by molar-refractivity contribution is 9.12. The SMILES string of the molecule is O=C(c1cccc([N+](=O)[O-])c1)N(Cc1ccc(Cl)c(Cl)c1)N1C(=O)[C@@H]2C[C@H](Br)[C@@H](Br)C[C@H]2C1=O. The lowest BCUT2D eigenvalue weighted by Crippen LogP contribution is -2.49. The van der Waals surface area contributed by atoms with Crippen LogP contribution in [0.15, 0.2) is 42.5 Å². The molecule has 1 saturated heterocycles. The van der Waals surface area contributed by atoms with E-state index in [-0.39, 0.29) is 32.5 Å². The summed E-state index contributed by atoms with van der Waals surface area (Å²) in [4.78, 5) is 50.9. The van der Waals surface area contributed by atoms with Crippen LogP contribution in [0.4, 0.5) is 5.69 Å². The minimum atomic E-state index is -0.721. The molecule has 8 nitrogen and oxygen atoms in total. The fraction of sp³-hybridized carbons (Fsp3) is 0.318. The number of amides is 3. The van der Waals surface area contributed by atoms with Crippen molar-refractivity contribution in [1.82, 2.24) is 10.0 Å². The van der Waals surface area contributed by atoms with Crippen LogP contribution in [0.5, 0.6) is 0 Å². The van der Waals surface area contributed by atoms with Crippen molar-refractivity contribution in [2.24, 2.45) is 11.8 Å². The number of carbonyl (C=O) groups is 3. The van der Waals surface area contributed by atoms with Gasteiger partial charge in [-0.1, -0.05) is 67.2 Å². The van der Waals surface area contributed by atoms with E-state index >= 15 is 0 Å². The summed E-state index contributed by atoms with van der Waals surface area (Å²) in [7, 11) is 0. The van der Waals surface area contributed by atoms with Gasteiger partial charge in [0.25, 0.3) is 23.4 Å². The first-order valence-electron chi connectivity index (χ1n) is 10.2. The van der Waals surface area contributed by atoms with Crippen molar-refractivity contribution in [3.8, 4) is 0 Å². The van der Waals surface area contributed by atoms with E-state index < -0.39 is 34.5 Å². The number of hydrazine groups is 1. The third kappa shape index (κ3) is 4.73. The molecule has 1 aliphatic carbocycles. The van der Waals surface area contributed by atoms with Crippen LogP contribution < -0.4 is 0 Å². The summed E-state index contributed by atoms with van der Waals surface area (Å²) >= 11 is 19.2. The first-order valence-corrected chi connectivity index (χ1v) is 12.8. The molecule has 2 fully saturated rings. The molecular weight excluding hydrogens is 617 g/mol. The molecule has 4 atom stereocenters. The molecule has 0 radical (unpaired) electrons. The smallest absolute Gasteiger partial charge is 0.272 e. The van der Waals surface area contributed by atoms with Gasteiger partial charge >= 0.3 is 0 Å².